The molecular weight excluding hydrogens is 221 g/mol. The summed E-state index contributed by atoms with van der Waals surface area (Å²) in [5.41, 5.74) is 0.656. The molecule has 0 saturated heterocycles. The average molecular weight is 235 g/mol. The summed E-state index contributed by atoms with van der Waals surface area (Å²) >= 11 is 0. The Kier molecular flexibility index (Phi) is 4.46. The number of carbonyl (C=O) groups is 1. The van der Waals surface area contributed by atoms with Gasteiger partial charge in [-0.2, -0.15) is 5.26 Å². The smallest absolute Gasteiger partial charge is 0.241 e. The quantitative estimate of drug-likeness (QED) is 0.862. The molecule has 0 spiro atoms. The monoisotopic (exact) mass is 235 g/mol. The van der Waals surface area contributed by atoms with E-state index in [1.807, 2.05) is 13.0 Å². The molecule has 0 fully saturated rings. The molecule has 0 unspecified atom stereocenters. The molecule has 0 bridgehead atoms. The van der Waals surface area contributed by atoms with Crippen LogP contribution in [0.1, 0.15) is 12.5 Å². The number of hydrogen-bond donors (Lipinski definition) is 1. The van der Waals surface area contributed by atoms with Crippen molar-refractivity contribution in [1.29, 1.82) is 5.26 Å². The number of likely N-dealkylation sites (N-methyl/N-ethyl adjacent to an activating group) is 1. The van der Waals surface area contributed by atoms with Crippen LogP contribution in [0.15, 0.2) is 18.2 Å². The molecule has 0 radical (unpaired) electrons. The summed E-state index contributed by atoms with van der Waals surface area (Å²) in [4.78, 5) is 13.1. The second-order valence-corrected chi connectivity index (χ2v) is 3.56. The molecule has 0 atom stereocenters. The second kappa shape index (κ2) is 5.85. The minimum absolute atomic E-state index is 0.0827. The normalized spacial score (nSPS) is 9.53. The molecule has 5 heteroatoms. The van der Waals surface area contributed by atoms with Crippen LogP contribution in [0.2, 0.25) is 0 Å². The van der Waals surface area contributed by atoms with Crippen LogP contribution in [-0.4, -0.2) is 30.9 Å². The molecule has 17 heavy (non-hydrogen) atoms. The number of nitrogens with one attached hydrogen (secondary N) is 1. The first-order valence-corrected chi connectivity index (χ1v) is 5.26. The van der Waals surface area contributed by atoms with Crippen molar-refractivity contribution in [2.45, 2.75) is 6.92 Å². The van der Waals surface area contributed by atoms with E-state index in [-0.39, 0.29) is 18.0 Å². The molecule has 0 heterocycles. The summed E-state index contributed by atoms with van der Waals surface area (Å²) in [6, 6.07) is 5.71. The largest absolute Gasteiger partial charge is 0.375 e. The lowest BCUT2D eigenvalue weighted by atomic mass is 10.2. The molecule has 4 nitrogen and oxygen atoms in total. The molecule has 0 aliphatic rings. The van der Waals surface area contributed by atoms with Crippen LogP contribution in [0.3, 0.4) is 0 Å². The van der Waals surface area contributed by atoms with Crippen molar-refractivity contribution in [3.05, 3.63) is 29.6 Å². The van der Waals surface area contributed by atoms with Crippen molar-refractivity contribution < 1.29 is 9.18 Å². The molecule has 1 aromatic rings. The fourth-order valence-corrected chi connectivity index (χ4v) is 1.25. The average Bonchev–Trinajstić information content (AvgIpc) is 2.35. The number of anilines is 1. The molecule has 90 valence electrons. The fourth-order valence-electron chi connectivity index (χ4n) is 1.25. The number of amides is 1. The van der Waals surface area contributed by atoms with Crippen molar-refractivity contribution in [3.8, 4) is 6.07 Å². The van der Waals surface area contributed by atoms with Crippen molar-refractivity contribution in [3.63, 3.8) is 0 Å². The Hall–Kier alpha value is -2.09. The summed E-state index contributed by atoms with van der Waals surface area (Å²) in [5.74, 6) is -0.551. The van der Waals surface area contributed by atoms with Gasteiger partial charge in [0.2, 0.25) is 5.91 Å². The van der Waals surface area contributed by atoms with Gasteiger partial charge in [0.05, 0.1) is 17.8 Å². The Bertz CT molecular complexity index is 454. The molecule has 0 saturated carbocycles. The van der Waals surface area contributed by atoms with E-state index in [2.05, 4.69) is 5.32 Å². The third kappa shape index (κ3) is 3.45. The summed E-state index contributed by atoms with van der Waals surface area (Å²) in [6.07, 6.45) is 0. The second-order valence-electron chi connectivity index (χ2n) is 3.56. The maximum Gasteiger partial charge on any atom is 0.241 e. The van der Waals surface area contributed by atoms with Gasteiger partial charge in [-0.15, -0.1) is 0 Å². The van der Waals surface area contributed by atoms with Crippen molar-refractivity contribution >= 4 is 11.6 Å². The Morgan fingerprint density at radius 1 is 1.59 bits per heavy atom. The van der Waals surface area contributed by atoms with Crippen LogP contribution in [-0.2, 0) is 4.79 Å². The molecule has 0 aromatic heterocycles. The zero-order valence-electron chi connectivity index (χ0n) is 9.83. The van der Waals surface area contributed by atoms with Crippen LogP contribution in [0.4, 0.5) is 10.1 Å². The van der Waals surface area contributed by atoms with Gasteiger partial charge in [-0.3, -0.25) is 4.79 Å². The number of benzene rings is 1. The summed E-state index contributed by atoms with van der Waals surface area (Å²) < 4.78 is 12.9. The topological polar surface area (TPSA) is 56.1 Å². The Morgan fingerprint density at radius 3 is 2.88 bits per heavy atom. The zero-order valence-corrected chi connectivity index (χ0v) is 9.83. The van der Waals surface area contributed by atoms with E-state index in [4.69, 9.17) is 5.26 Å². The summed E-state index contributed by atoms with van der Waals surface area (Å²) in [7, 11) is 1.69. The number of carbonyl (C=O) groups excluding carboxylic acids is 1. The highest BCUT2D eigenvalue weighted by molar-refractivity contribution is 5.81. The highest BCUT2D eigenvalue weighted by atomic mass is 19.1. The highest BCUT2D eigenvalue weighted by Crippen LogP contribution is 2.15. The predicted octanol–water partition coefficient (Wildman–Crippen LogP) is 1.59. The van der Waals surface area contributed by atoms with E-state index in [1.54, 1.807) is 11.9 Å². The first-order valence-electron chi connectivity index (χ1n) is 5.26. The number of nitrogens with zero attached hydrogens (tertiary/aromatic N) is 2. The van der Waals surface area contributed by atoms with Crippen molar-refractivity contribution in [2.75, 3.05) is 25.5 Å². The molecule has 0 aliphatic carbocycles. The zero-order chi connectivity index (χ0) is 12.8. The lowest BCUT2D eigenvalue weighted by Crippen LogP contribution is -2.32. The molecule has 0 aliphatic heterocycles. The van der Waals surface area contributed by atoms with E-state index >= 15 is 0 Å². The van der Waals surface area contributed by atoms with Crippen LogP contribution in [0.25, 0.3) is 0 Å². The van der Waals surface area contributed by atoms with E-state index < -0.39 is 5.82 Å². The van der Waals surface area contributed by atoms with Crippen LogP contribution < -0.4 is 5.32 Å². The fraction of sp³-hybridized carbons (Fsp3) is 0.333. The SMILES string of the molecule is CCN(C)C(=O)CNc1ccc(F)cc1C#N. The Balaban J connectivity index is 2.70. The summed E-state index contributed by atoms with van der Waals surface area (Å²) in [5, 5.41) is 11.6. The van der Waals surface area contributed by atoms with Gasteiger partial charge in [0, 0.05) is 13.6 Å². The standard InChI is InChI=1S/C12H14FN3O/c1-3-16(2)12(17)8-15-11-5-4-10(13)6-9(11)7-14/h4-6,15H,3,8H2,1-2H3. The van der Waals surface area contributed by atoms with Gasteiger partial charge in [0.15, 0.2) is 0 Å². The van der Waals surface area contributed by atoms with E-state index in [0.29, 0.717) is 12.2 Å². The summed E-state index contributed by atoms with van der Waals surface area (Å²) in [6.45, 7) is 2.58. The predicted molar refractivity (Wildman–Crippen MR) is 62.9 cm³/mol. The lowest BCUT2D eigenvalue weighted by molar-refractivity contribution is -0.127. The maximum atomic E-state index is 12.9. The first kappa shape index (κ1) is 13.0. The first-order chi connectivity index (χ1) is 8.08. The lowest BCUT2D eigenvalue weighted by Gasteiger charge is -2.15. The minimum atomic E-state index is -0.468. The minimum Gasteiger partial charge on any atom is -0.375 e. The van der Waals surface area contributed by atoms with Gasteiger partial charge in [0.25, 0.3) is 0 Å². The number of nitriles is 1. The van der Waals surface area contributed by atoms with Gasteiger partial charge >= 0.3 is 0 Å². The van der Waals surface area contributed by atoms with Crippen molar-refractivity contribution in [1.82, 2.24) is 4.90 Å². The van der Waals surface area contributed by atoms with Crippen molar-refractivity contribution in [2.24, 2.45) is 0 Å². The Labute approximate surface area is 99.7 Å². The maximum absolute atomic E-state index is 12.9. The number of hydrogen-bond acceptors (Lipinski definition) is 3. The number of rotatable bonds is 4. The molecule has 1 amide bonds. The van der Waals surface area contributed by atoms with Gasteiger partial charge in [-0.05, 0) is 25.1 Å². The van der Waals surface area contributed by atoms with Gasteiger partial charge in [-0.1, -0.05) is 0 Å². The third-order valence-electron chi connectivity index (χ3n) is 2.43. The Morgan fingerprint density at radius 2 is 2.29 bits per heavy atom. The molecule has 1 N–H and O–H groups in total. The van der Waals surface area contributed by atoms with E-state index in [0.717, 1.165) is 6.07 Å². The third-order valence-corrected chi connectivity index (χ3v) is 2.43. The van der Waals surface area contributed by atoms with Crippen LogP contribution in [0, 0.1) is 17.1 Å². The van der Waals surface area contributed by atoms with Gasteiger partial charge in [0.1, 0.15) is 11.9 Å². The van der Waals surface area contributed by atoms with Gasteiger partial charge < -0.3 is 10.2 Å². The van der Waals surface area contributed by atoms with E-state index in [1.165, 1.54) is 12.1 Å². The van der Waals surface area contributed by atoms with E-state index in [9.17, 15) is 9.18 Å². The molecule has 1 aromatic carbocycles. The molecule has 1 rings (SSSR count). The van der Waals surface area contributed by atoms with Crippen LogP contribution in [0.5, 0.6) is 0 Å². The number of halogens is 1. The van der Waals surface area contributed by atoms with Crippen LogP contribution >= 0.6 is 0 Å². The van der Waals surface area contributed by atoms with Gasteiger partial charge in [-0.25, -0.2) is 4.39 Å². The molecular formula is C12H14FN3O. The highest BCUT2D eigenvalue weighted by Gasteiger charge is 2.08.